The van der Waals surface area contributed by atoms with Crippen LogP contribution in [0.5, 0.6) is 0 Å². The summed E-state index contributed by atoms with van der Waals surface area (Å²) in [5.41, 5.74) is -0.208. The van der Waals surface area contributed by atoms with Gasteiger partial charge in [0.15, 0.2) is 0 Å². The molecule has 0 bridgehead atoms. The highest BCUT2D eigenvalue weighted by molar-refractivity contribution is 7.84. The molecule has 0 aromatic heterocycles. The largest absolute Gasteiger partial charge is 0.379 e. The molecule has 0 aliphatic carbocycles. The first kappa shape index (κ1) is 13.9. The summed E-state index contributed by atoms with van der Waals surface area (Å²) in [6.45, 7) is 13.2. The highest BCUT2D eigenvalue weighted by Crippen LogP contribution is 2.30. The third-order valence-electron chi connectivity index (χ3n) is 3.03. The summed E-state index contributed by atoms with van der Waals surface area (Å²) in [5, 5.41) is 0. The van der Waals surface area contributed by atoms with Crippen molar-refractivity contribution in [3.05, 3.63) is 12.7 Å². The van der Waals surface area contributed by atoms with Crippen LogP contribution in [0.15, 0.2) is 12.7 Å². The Bertz CT molecular complexity index is 285. The van der Waals surface area contributed by atoms with E-state index >= 15 is 0 Å². The standard InChI is InChI=1S/C12H23NO2S/c1-6-7-12(9-15-8-10(12)2)13-16(14)11(3,4)5/h6,10,13H,1,7-9H2,2-5H3/t10-,12+,16+/m0/s1. The van der Waals surface area contributed by atoms with E-state index in [-0.39, 0.29) is 10.3 Å². The molecule has 1 rings (SSSR count). The zero-order valence-corrected chi connectivity index (χ0v) is 11.5. The van der Waals surface area contributed by atoms with Gasteiger partial charge in [0.2, 0.25) is 0 Å². The van der Waals surface area contributed by atoms with Gasteiger partial charge in [0, 0.05) is 5.92 Å². The Hall–Kier alpha value is -0.190. The highest BCUT2D eigenvalue weighted by atomic mass is 32.2. The van der Waals surface area contributed by atoms with Crippen LogP contribution < -0.4 is 4.72 Å². The summed E-state index contributed by atoms with van der Waals surface area (Å²) in [4.78, 5) is 0. The molecule has 4 heteroatoms. The first-order valence-corrected chi connectivity index (χ1v) is 6.85. The highest BCUT2D eigenvalue weighted by Gasteiger charge is 2.43. The van der Waals surface area contributed by atoms with Crippen molar-refractivity contribution in [1.29, 1.82) is 0 Å². The molecule has 0 unspecified atom stereocenters. The first-order chi connectivity index (χ1) is 7.32. The van der Waals surface area contributed by atoms with Gasteiger partial charge in [-0.3, -0.25) is 0 Å². The molecular formula is C12H23NO2S. The lowest BCUT2D eigenvalue weighted by Crippen LogP contribution is -2.54. The van der Waals surface area contributed by atoms with Crippen molar-refractivity contribution in [3.63, 3.8) is 0 Å². The summed E-state index contributed by atoms with van der Waals surface area (Å²) < 4.78 is 20.7. The second-order valence-electron chi connectivity index (χ2n) is 5.55. The smallest absolute Gasteiger partial charge is 0.0976 e. The Morgan fingerprint density at radius 3 is 2.62 bits per heavy atom. The van der Waals surface area contributed by atoms with Crippen LogP contribution in [0.3, 0.4) is 0 Å². The molecule has 94 valence electrons. The lowest BCUT2D eigenvalue weighted by atomic mass is 9.86. The number of rotatable bonds is 4. The van der Waals surface area contributed by atoms with E-state index in [1.54, 1.807) is 0 Å². The molecule has 0 aromatic rings. The minimum absolute atomic E-state index is 0.208. The lowest BCUT2D eigenvalue weighted by Gasteiger charge is -2.34. The Morgan fingerprint density at radius 1 is 1.62 bits per heavy atom. The van der Waals surface area contributed by atoms with Gasteiger partial charge in [-0.1, -0.05) is 13.0 Å². The van der Waals surface area contributed by atoms with E-state index in [2.05, 4.69) is 18.2 Å². The van der Waals surface area contributed by atoms with Crippen molar-refractivity contribution < 1.29 is 8.95 Å². The molecule has 3 atom stereocenters. The van der Waals surface area contributed by atoms with Gasteiger partial charge >= 0.3 is 0 Å². The van der Waals surface area contributed by atoms with Crippen LogP contribution in [-0.4, -0.2) is 27.7 Å². The Labute approximate surface area is 101 Å². The molecule has 1 fully saturated rings. The molecule has 0 saturated carbocycles. The Morgan fingerprint density at radius 2 is 2.25 bits per heavy atom. The van der Waals surface area contributed by atoms with E-state index in [1.165, 1.54) is 0 Å². The minimum Gasteiger partial charge on any atom is -0.379 e. The van der Waals surface area contributed by atoms with Crippen LogP contribution in [0.4, 0.5) is 0 Å². The van der Waals surface area contributed by atoms with Crippen LogP contribution >= 0.6 is 0 Å². The molecule has 3 nitrogen and oxygen atoms in total. The SMILES string of the molecule is C=CC[C@@]1(N[S@](=O)C(C)(C)C)COC[C@@H]1C. The molecule has 0 aromatic carbocycles. The van der Waals surface area contributed by atoms with E-state index < -0.39 is 11.0 Å². The predicted octanol–water partition coefficient (Wildman–Crippen LogP) is 2.02. The molecule has 1 aliphatic rings. The molecule has 16 heavy (non-hydrogen) atoms. The van der Waals surface area contributed by atoms with E-state index in [0.717, 1.165) is 13.0 Å². The maximum Gasteiger partial charge on any atom is 0.0976 e. The molecular weight excluding hydrogens is 222 g/mol. The Kier molecular flexibility index (Phi) is 4.32. The van der Waals surface area contributed by atoms with E-state index in [0.29, 0.717) is 12.5 Å². The van der Waals surface area contributed by atoms with Crippen molar-refractivity contribution in [2.24, 2.45) is 5.92 Å². The minimum atomic E-state index is -1.07. The molecule has 1 N–H and O–H groups in total. The lowest BCUT2D eigenvalue weighted by molar-refractivity contribution is 0.173. The summed E-state index contributed by atoms with van der Waals surface area (Å²) in [6, 6.07) is 0. The van der Waals surface area contributed by atoms with Crippen molar-refractivity contribution >= 4 is 11.0 Å². The van der Waals surface area contributed by atoms with Crippen LogP contribution in [0.25, 0.3) is 0 Å². The van der Waals surface area contributed by atoms with Gasteiger partial charge in [0.1, 0.15) is 0 Å². The average Bonchev–Trinajstić information content (AvgIpc) is 2.47. The van der Waals surface area contributed by atoms with Gasteiger partial charge in [-0.2, -0.15) is 0 Å². The van der Waals surface area contributed by atoms with Crippen LogP contribution in [0, 0.1) is 5.92 Å². The molecule has 1 aliphatic heterocycles. The van der Waals surface area contributed by atoms with Gasteiger partial charge in [0.25, 0.3) is 0 Å². The molecule has 1 saturated heterocycles. The molecule has 1 heterocycles. The van der Waals surface area contributed by atoms with Gasteiger partial charge in [-0.05, 0) is 27.2 Å². The third kappa shape index (κ3) is 2.93. The summed E-state index contributed by atoms with van der Waals surface area (Å²) in [5.74, 6) is 0.358. The maximum absolute atomic E-state index is 12.2. The van der Waals surface area contributed by atoms with Crippen LogP contribution in [-0.2, 0) is 15.7 Å². The second kappa shape index (κ2) is 4.98. The molecule has 0 amide bonds. The topological polar surface area (TPSA) is 38.3 Å². The third-order valence-corrected chi connectivity index (χ3v) is 4.74. The van der Waals surface area contributed by atoms with E-state index in [1.807, 2.05) is 26.8 Å². The van der Waals surface area contributed by atoms with Gasteiger partial charge in [0.05, 0.1) is 34.5 Å². The van der Waals surface area contributed by atoms with Crippen LogP contribution in [0.1, 0.15) is 34.1 Å². The summed E-state index contributed by atoms with van der Waals surface area (Å²) in [6.07, 6.45) is 2.66. The van der Waals surface area contributed by atoms with Gasteiger partial charge in [-0.15, -0.1) is 6.58 Å². The number of nitrogens with one attached hydrogen (secondary N) is 1. The Balaban J connectivity index is 2.80. The first-order valence-electron chi connectivity index (χ1n) is 5.70. The molecule has 0 radical (unpaired) electrons. The zero-order chi connectivity index (χ0) is 12.4. The number of hydrogen-bond donors (Lipinski definition) is 1. The van der Waals surface area contributed by atoms with E-state index in [9.17, 15) is 4.21 Å². The second-order valence-corrected chi connectivity index (χ2v) is 7.51. The van der Waals surface area contributed by atoms with Crippen molar-refractivity contribution in [3.8, 4) is 0 Å². The quantitative estimate of drug-likeness (QED) is 0.770. The van der Waals surface area contributed by atoms with Crippen molar-refractivity contribution in [1.82, 2.24) is 4.72 Å². The predicted molar refractivity (Wildman–Crippen MR) is 68.6 cm³/mol. The van der Waals surface area contributed by atoms with Crippen molar-refractivity contribution in [2.45, 2.75) is 44.4 Å². The number of hydrogen-bond acceptors (Lipinski definition) is 2. The fraction of sp³-hybridized carbons (Fsp3) is 0.833. The monoisotopic (exact) mass is 245 g/mol. The van der Waals surface area contributed by atoms with Gasteiger partial charge < -0.3 is 4.74 Å². The fourth-order valence-corrected chi connectivity index (χ4v) is 2.77. The normalized spacial score (nSPS) is 32.6. The summed E-state index contributed by atoms with van der Waals surface area (Å²) in [7, 11) is -1.07. The average molecular weight is 245 g/mol. The molecule has 0 spiro atoms. The van der Waals surface area contributed by atoms with Crippen LogP contribution in [0.2, 0.25) is 0 Å². The number of ether oxygens (including phenoxy) is 1. The fourth-order valence-electron chi connectivity index (χ4n) is 1.75. The summed E-state index contributed by atoms with van der Waals surface area (Å²) >= 11 is 0. The van der Waals surface area contributed by atoms with Crippen molar-refractivity contribution in [2.75, 3.05) is 13.2 Å². The maximum atomic E-state index is 12.2. The zero-order valence-electron chi connectivity index (χ0n) is 10.7. The van der Waals surface area contributed by atoms with Gasteiger partial charge in [-0.25, -0.2) is 8.93 Å². The van der Waals surface area contributed by atoms with E-state index in [4.69, 9.17) is 4.74 Å².